The van der Waals surface area contributed by atoms with Gasteiger partial charge in [0.1, 0.15) is 6.04 Å². The SMILES string of the molecule is COC(=O)C(C)NC(=O)c1cc(SC)ccc1C. The second-order valence-corrected chi connectivity index (χ2v) is 4.78. The lowest BCUT2D eigenvalue weighted by atomic mass is 10.1. The van der Waals surface area contributed by atoms with Crippen molar-refractivity contribution in [2.24, 2.45) is 0 Å². The maximum atomic E-state index is 12.0. The van der Waals surface area contributed by atoms with Crippen LogP contribution in [0, 0.1) is 6.92 Å². The van der Waals surface area contributed by atoms with Crippen LogP contribution in [0.25, 0.3) is 0 Å². The standard InChI is InChI=1S/C13H17NO3S/c1-8-5-6-10(18-4)7-11(8)12(15)14-9(2)13(16)17-3/h5-7,9H,1-4H3,(H,14,15). The minimum Gasteiger partial charge on any atom is -0.467 e. The van der Waals surface area contributed by atoms with Gasteiger partial charge in [-0.15, -0.1) is 11.8 Å². The van der Waals surface area contributed by atoms with Gasteiger partial charge < -0.3 is 10.1 Å². The van der Waals surface area contributed by atoms with E-state index in [1.54, 1.807) is 18.7 Å². The van der Waals surface area contributed by atoms with Gasteiger partial charge in [0.15, 0.2) is 0 Å². The van der Waals surface area contributed by atoms with E-state index in [2.05, 4.69) is 10.1 Å². The van der Waals surface area contributed by atoms with Crippen LogP contribution in [0.2, 0.25) is 0 Å². The van der Waals surface area contributed by atoms with Crippen molar-refractivity contribution in [3.05, 3.63) is 29.3 Å². The summed E-state index contributed by atoms with van der Waals surface area (Å²) in [6.07, 6.45) is 1.95. The number of esters is 1. The maximum Gasteiger partial charge on any atom is 0.328 e. The molecule has 0 aliphatic carbocycles. The van der Waals surface area contributed by atoms with Gasteiger partial charge in [0.2, 0.25) is 0 Å². The van der Waals surface area contributed by atoms with Crippen LogP contribution in [0.3, 0.4) is 0 Å². The Morgan fingerprint density at radius 3 is 2.61 bits per heavy atom. The molecule has 1 atom stereocenters. The summed E-state index contributed by atoms with van der Waals surface area (Å²) >= 11 is 1.57. The number of aryl methyl sites for hydroxylation is 1. The Hall–Kier alpha value is -1.49. The molecular weight excluding hydrogens is 250 g/mol. The molecular formula is C13H17NO3S. The van der Waals surface area contributed by atoms with Crippen LogP contribution in [0.5, 0.6) is 0 Å². The molecule has 0 saturated carbocycles. The number of amides is 1. The number of ether oxygens (including phenoxy) is 1. The average Bonchev–Trinajstić information content (AvgIpc) is 2.38. The van der Waals surface area contributed by atoms with Gasteiger partial charge in [0.05, 0.1) is 7.11 Å². The van der Waals surface area contributed by atoms with Crippen molar-refractivity contribution in [2.45, 2.75) is 24.8 Å². The first-order valence-electron chi connectivity index (χ1n) is 5.53. The van der Waals surface area contributed by atoms with Crippen LogP contribution in [-0.4, -0.2) is 31.3 Å². The first kappa shape index (κ1) is 14.6. The van der Waals surface area contributed by atoms with Crippen molar-refractivity contribution in [2.75, 3.05) is 13.4 Å². The summed E-state index contributed by atoms with van der Waals surface area (Å²) in [6.45, 7) is 3.46. The quantitative estimate of drug-likeness (QED) is 0.669. The molecule has 1 rings (SSSR count). The third kappa shape index (κ3) is 3.50. The van der Waals surface area contributed by atoms with E-state index >= 15 is 0 Å². The molecule has 18 heavy (non-hydrogen) atoms. The molecule has 4 nitrogen and oxygen atoms in total. The number of benzene rings is 1. The van der Waals surface area contributed by atoms with Gasteiger partial charge in [-0.2, -0.15) is 0 Å². The number of carbonyl (C=O) groups excluding carboxylic acids is 2. The fourth-order valence-corrected chi connectivity index (χ4v) is 1.92. The Labute approximate surface area is 111 Å². The third-order valence-corrected chi connectivity index (χ3v) is 3.32. The molecule has 0 aromatic heterocycles. The fraction of sp³-hybridized carbons (Fsp3) is 0.385. The van der Waals surface area contributed by atoms with Gasteiger partial charge in [-0.1, -0.05) is 6.07 Å². The number of nitrogens with one attached hydrogen (secondary N) is 1. The second-order valence-electron chi connectivity index (χ2n) is 3.90. The lowest BCUT2D eigenvalue weighted by Gasteiger charge is -2.13. The summed E-state index contributed by atoms with van der Waals surface area (Å²) in [4.78, 5) is 24.3. The Morgan fingerprint density at radius 1 is 1.39 bits per heavy atom. The fourth-order valence-electron chi connectivity index (χ4n) is 1.48. The minimum atomic E-state index is -0.653. The molecule has 1 N–H and O–H groups in total. The summed E-state index contributed by atoms with van der Waals surface area (Å²) < 4.78 is 4.57. The van der Waals surface area contributed by atoms with Crippen molar-refractivity contribution >= 4 is 23.6 Å². The lowest BCUT2D eigenvalue weighted by Crippen LogP contribution is -2.39. The molecule has 1 unspecified atom stereocenters. The number of rotatable bonds is 4. The molecule has 0 aliphatic heterocycles. The van der Waals surface area contributed by atoms with Gasteiger partial charge >= 0.3 is 5.97 Å². The third-order valence-electron chi connectivity index (χ3n) is 2.59. The maximum absolute atomic E-state index is 12.0. The molecule has 0 aliphatic rings. The van der Waals surface area contributed by atoms with E-state index in [0.717, 1.165) is 10.5 Å². The number of hydrogen-bond donors (Lipinski definition) is 1. The van der Waals surface area contributed by atoms with E-state index in [-0.39, 0.29) is 5.91 Å². The van der Waals surface area contributed by atoms with Crippen molar-refractivity contribution in [3.63, 3.8) is 0 Å². The smallest absolute Gasteiger partial charge is 0.328 e. The molecule has 0 radical (unpaired) electrons. The van der Waals surface area contributed by atoms with Crippen LogP contribution in [0.15, 0.2) is 23.1 Å². The summed E-state index contributed by atoms with van der Waals surface area (Å²) in [5, 5.41) is 2.62. The van der Waals surface area contributed by atoms with Crippen molar-refractivity contribution in [3.8, 4) is 0 Å². The van der Waals surface area contributed by atoms with E-state index in [9.17, 15) is 9.59 Å². The number of carbonyl (C=O) groups is 2. The molecule has 1 aromatic carbocycles. The summed E-state index contributed by atoms with van der Waals surface area (Å²) in [6, 6.07) is 5.02. The largest absolute Gasteiger partial charge is 0.467 e. The molecule has 1 amide bonds. The zero-order valence-electron chi connectivity index (χ0n) is 10.9. The Bertz CT molecular complexity index is 460. The highest BCUT2D eigenvalue weighted by atomic mass is 32.2. The number of methoxy groups -OCH3 is 1. The minimum absolute atomic E-state index is 0.263. The summed E-state index contributed by atoms with van der Waals surface area (Å²) in [7, 11) is 1.30. The van der Waals surface area contributed by atoms with Gasteiger partial charge in [-0.25, -0.2) is 4.79 Å². The highest BCUT2D eigenvalue weighted by molar-refractivity contribution is 7.98. The molecule has 0 spiro atoms. The molecule has 98 valence electrons. The lowest BCUT2D eigenvalue weighted by molar-refractivity contribution is -0.142. The van der Waals surface area contributed by atoms with Crippen LogP contribution in [-0.2, 0) is 9.53 Å². The van der Waals surface area contributed by atoms with Gasteiger partial charge in [0.25, 0.3) is 5.91 Å². The molecule has 0 fully saturated rings. The molecule has 0 bridgehead atoms. The zero-order chi connectivity index (χ0) is 13.7. The van der Waals surface area contributed by atoms with E-state index in [0.29, 0.717) is 5.56 Å². The van der Waals surface area contributed by atoms with Gasteiger partial charge in [0, 0.05) is 10.5 Å². The van der Waals surface area contributed by atoms with Crippen LogP contribution >= 0.6 is 11.8 Å². The summed E-state index contributed by atoms with van der Waals surface area (Å²) in [5.41, 5.74) is 1.46. The number of hydrogen-bond acceptors (Lipinski definition) is 4. The Balaban J connectivity index is 2.87. The van der Waals surface area contributed by atoms with Crippen LogP contribution in [0.1, 0.15) is 22.8 Å². The van der Waals surface area contributed by atoms with Crippen molar-refractivity contribution in [1.29, 1.82) is 0 Å². The van der Waals surface area contributed by atoms with Crippen LogP contribution in [0.4, 0.5) is 0 Å². The van der Waals surface area contributed by atoms with E-state index in [1.807, 2.05) is 31.4 Å². The van der Waals surface area contributed by atoms with E-state index in [4.69, 9.17) is 0 Å². The first-order chi connectivity index (χ1) is 8.49. The van der Waals surface area contributed by atoms with Gasteiger partial charge in [-0.05, 0) is 37.8 Å². The molecule has 5 heteroatoms. The molecule has 0 saturated heterocycles. The van der Waals surface area contributed by atoms with Crippen molar-refractivity contribution in [1.82, 2.24) is 5.32 Å². The Morgan fingerprint density at radius 2 is 2.06 bits per heavy atom. The monoisotopic (exact) mass is 267 g/mol. The predicted molar refractivity (Wildman–Crippen MR) is 71.9 cm³/mol. The first-order valence-corrected chi connectivity index (χ1v) is 6.75. The summed E-state index contributed by atoms with van der Waals surface area (Å²) in [5.74, 6) is -0.719. The Kier molecular flexibility index (Phi) is 5.22. The van der Waals surface area contributed by atoms with E-state index in [1.165, 1.54) is 7.11 Å². The van der Waals surface area contributed by atoms with Crippen molar-refractivity contribution < 1.29 is 14.3 Å². The topological polar surface area (TPSA) is 55.4 Å². The predicted octanol–water partition coefficient (Wildman–Crippen LogP) is 2.01. The second kappa shape index (κ2) is 6.44. The normalized spacial score (nSPS) is 11.8. The molecule has 1 aromatic rings. The van der Waals surface area contributed by atoms with Gasteiger partial charge in [-0.3, -0.25) is 4.79 Å². The zero-order valence-corrected chi connectivity index (χ0v) is 11.8. The average molecular weight is 267 g/mol. The van der Waals surface area contributed by atoms with Crippen LogP contribution < -0.4 is 5.32 Å². The number of thioether (sulfide) groups is 1. The highest BCUT2D eigenvalue weighted by Gasteiger charge is 2.18. The molecule has 0 heterocycles. The van der Waals surface area contributed by atoms with E-state index < -0.39 is 12.0 Å². The highest BCUT2D eigenvalue weighted by Crippen LogP contribution is 2.19.